The molecule has 3 aromatic rings. The third kappa shape index (κ3) is 5.92. The molecule has 2 aliphatic rings. The van der Waals surface area contributed by atoms with Crippen molar-refractivity contribution in [2.45, 2.75) is 51.7 Å². The van der Waals surface area contributed by atoms with Crippen molar-refractivity contribution in [3.8, 4) is 11.1 Å². The number of halogens is 3. The van der Waals surface area contributed by atoms with Crippen LogP contribution in [0.25, 0.3) is 11.1 Å². The highest BCUT2D eigenvalue weighted by molar-refractivity contribution is 6.09. The molecule has 2 amide bonds. The number of carbonyl (C=O) groups is 2. The molecule has 1 atom stereocenters. The molecule has 3 aromatic carbocycles. The van der Waals surface area contributed by atoms with E-state index in [9.17, 15) is 22.8 Å². The molecular weight excluding hydrogens is 515 g/mol. The first-order chi connectivity index (χ1) is 19.1. The fourth-order valence-electron chi connectivity index (χ4n) is 5.90. The van der Waals surface area contributed by atoms with E-state index < -0.39 is 11.7 Å². The van der Waals surface area contributed by atoms with Crippen molar-refractivity contribution >= 4 is 17.5 Å². The highest BCUT2D eigenvalue weighted by Crippen LogP contribution is 2.34. The van der Waals surface area contributed by atoms with Gasteiger partial charge >= 0.3 is 6.18 Å². The lowest BCUT2D eigenvalue weighted by molar-refractivity contribution is -0.137. The number of amides is 2. The zero-order valence-electron chi connectivity index (χ0n) is 22.9. The van der Waals surface area contributed by atoms with Crippen LogP contribution in [-0.4, -0.2) is 53.8 Å². The molecule has 0 bridgehead atoms. The molecule has 1 saturated heterocycles. The summed E-state index contributed by atoms with van der Waals surface area (Å²) >= 11 is 0. The number of carbonyl (C=O) groups excluding carboxylic acids is 2. The lowest BCUT2D eigenvalue weighted by Crippen LogP contribution is -2.52. The maximum absolute atomic E-state index is 13.4. The quantitative estimate of drug-likeness (QED) is 0.390. The summed E-state index contributed by atoms with van der Waals surface area (Å²) in [5.74, 6) is -0.0618. The van der Waals surface area contributed by atoms with Gasteiger partial charge in [0.2, 0.25) is 5.91 Å². The molecule has 40 heavy (non-hydrogen) atoms. The number of hydrogen-bond donors (Lipinski definition) is 1. The fourth-order valence-corrected chi connectivity index (χ4v) is 5.90. The van der Waals surface area contributed by atoms with Crippen LogP contribution in [0.4, 0.5) is 18.9 Å². The fraction of sp³-hybridized carbons (Fsp3) is 0.375. The highest BCUT2D eigenvalue weighted by atomic mass is 19.4. The smallest absolute Gasteiger partial charge is 0.340 e. The predicted molar refractivity (Wildman–Crippen MR) is 150 cm³/mol. The summed E-state index contributed by atoms with van der Waals surface area (Å²) in [6, 6.07) is 16.6. The Hall–Kier alpha value is -3.65. The van der Waals surface area contributed by atoms with Gasteiger partial charge in [0.25, 0.3) is 5.91 Å². The van der Waals surface area contributed by atoms with E-state index in [1.807, 2.05) is 36.9 Å². The van der Waals surface area contributed by atoms with Gasteiger partial charge in [-0.2, -0.15) is 13.2 Å². The summed E-state index contributed by atoms with van der Waals surface area (Å²) in [5, 5.41) is 3.01. The van der Waals surface area contributed by atoms with E-state index in [0.29, 0.717) is 34.8 Å². The second-order valence-corrected chi connectivity index (χ2v) is 10.7. The van der Waals surface area contributed by atoms with Crippen LogP contribution in [-0.2, 0) is 23.8 Å². The van der Waals surface area contributed by atoms with Crippen LogP contribution in [0, 0.1) is 6.92 Å². The Kier molecular flexibility index (Phi) is 7.99. The molecule has 1 N–H and O–H groups in total. The van der Waals surface area contributed by atoms with Crippen LogP contribution >= 0.6 is 0 Å². The monoisotopic (exact) mass is 549 g/mol. The topological polar surface area (TPSA) is 52.7 Å². The lowest BCUT2D eigenvalue weighted by Gasteiger charge is -2.38. The van der Waals surface area contributed by atoms with E-state index in [2.05, 4.69) is 16.3 Å². The van der Waals surface area contributed by atoms with Crippen molar-refractivity contribution in [3.63, 3.8) is 0 Å². The molecule has 210 valence electrons. The minimum atomic E-state index is -4.42. The van der Waals surface area contributed by atoms with Crippen LogP contribution in [0.1, 0.15) is 52.4 Å². The second kappa shape index (κ2) is 11.5. The van der Waals surface area contributed by atoms with Crippen LogP contribution in [0.2, 0.25) is 0 Å². The predicted octanol–water partition coefficient (Wildman–Crippen LogP) is 6.34. The molecule has 0 saturated carbocycles. The molecule has 1 fully saturated rings. The largest absolute Gasteiger partial charge is 0.416 e. The Balaban J connectivity index is 1.27. The Labute approximate surface area is 233 Å². The summed E-state index contributed by atoms with van der Waals surface area (Å²) in [6.45, 7) is 7.16. The van der Waals surface area contributed by atoms with Crippen molar-refractivity contribution in [2.75, 3.05) is 31.5 Å². The number of aryl methyl sites for hydroxylation is 1. The number of nitrogens with zero attached hydrogens (tertiary/aromatic N) is 2. The van der Waals surface area contributed by atoms with Gasteiger partial charge < -0.3 is 10.2 Å². The number of hydrogen-bond acceptors (Lipinski definition) is 3. The highest BCUT2D eigenvalue weighted by Gasteiger charge is 2.31. The van der Waals surface area contributed by atoms with Crippen molar-refractivity contribution in [3.05, 3.63) is 88.5 Å². The van der Waals surface area contributed by atoms with Gasteiger partial charge in [0.1, 0.15) is 0 Å². The summed E-state index contributed by atoms with van der Waals surface area (Å²) in [6.07, 6.45) is -1.10. The zero-order valence-corrected chi connectivity index (χ0v) is 22.9. The summed E-state index contributed by atoms with van der Waals surface area (Å²) in [7, 11) is 0. The van der Waals surface area contributed by atoms with Gasteiger partial charge in [-0.15, -0.1) is 0 Å². The maximum Gasteiger partial charge on any atom is 0.416 e. The Morgan fingerprint density at radius 3 is 2.30 bits per heavy atom. The lowest BCUT2D eigenvalue weighted by atomic mass is 9.93. The maximum atomic E-state index is 13.4. The van der Waals surface area contributed by atoms with Crippen LogP contribution < -0.4 is 5.32 Å². The first-order valence-electron chi connectivity index (χ1n) is 13.9. The van der Waals surface area contributed by atoms with E-state index in [1.54, 1.807) is 12.1 Å². The summed E-state index contributed by atoms with van der Waals surface area (Å²) in [5.41, 5.74) is 4.84. The Morgan fingerprint density at radius 1 is 0.925 bits per heavy atom. The first kappa shape index (κ1) is 27.9. The molecule has 0 radical (unpaired) electrons. The average Bonchev–Trinajstić information content (AvgIpc) is 3.36. The SMILES string of the molecule is CCCC(=O)N1CCN(C2Cc3ccc(NC(=O)c4cccc(C)c4-c4ccc(C(F)(F)F)cc4)cc3C2)CC1. The third-order valence-corrected chi connectivity index (χ3v) is 8.04. The molecule has 5 nitrogen and oxygen atoms in total. The van der Waals surface area contributed by atoms with Gasteiger partial charge in [-0.25, -0.2) is 0 Å². The van der Waals surface area contributed by atoms with Crippen molar-refractivity contribution < 1.29 is 22.8 Å². The van der Waals surface area contributed by atoms with Crippen LogP contribution in [0.3, 0.4) is 0 Å². The van der Waals surface area contributed by atoms with E-state index in [-0.39, 0.29) is 11.8 Å². The van der Waals surface area contributed by atoms with Crippen molar-refractivity contribution in [2.24, 2.45) is 0 Å². The Bertz CT molecular complexity index is 1390. The number of anilines is 1. The molecule has 1 aliphatic heterocycles. The summed E-state index contributed by atoms with van der Waals surface area (Å²) in [4.78, 5) is 30.1. The minimum Gasteiger partial charge on any atom is -0.340 e. The summed E-state index contributed by atoms with van der Waals surface area (Å²) < 4.78 is 39.2. The van der Waals surface area contributed by atoms with Gasteiger partial charge in [-0.05, 0) is 84.3 Å². The average molecular weight is 550 g/mol. The van der Waals surface area contributed by atoms with E-state index in [4.69, 9.17) is 0 Å². The second-order valence-electron chi connectivity index (χ2n) is 10.7. The number of piperazine rings is 1. The van der Waals surface area contributed by atoms with Crippen LogP contribution in [0.5, 0.6) is 0 Å². The number of nitrogens with one attached hydrogen (secondary N) is 1. The van der Waals surface area contributed by atoms with Gasteiger partial charge in [0.05, 0.1) is 5.56 Å². The molecular formula is C32H34F3N3O2. The number of alkyl halides is 3. The molecule has 0 spiro atoms. The zero-order chi connectivity index (χ0) is 28.4. The number of rotatable bonds is 6. The molecule has 0 aromatic heterocycles. The number of benzene rings is 3. The molecule has 1 unspecified atom stereocenters. The van der Waals surface area contributed by atoms with Gasteiger partial charge in [-0.3, -0.25) is 14.5 Å². The molecule has 1 aliphatic carbocycles. The van der Waals surface area contributed by atoms with E-state index in [1.165, 1.54) is 23.3 Å². The minimum absolute atomic E-state index is 0.243. The van der Waals surface area contributed by atoms with Crippen molar-refractivity contribution in [1.29, 1.82) is 0 Å². The Morgan fingerprint density at radius 2 is 1.62 bits per heavy atom. The normalized spacial score (nSPS) is 17.5. The standard InChI is InChI=1S/C32H34F3N3O2/c1-3-5-29(39)38-16-14-37(15-17-38)27-19-23-10-13-26(18-24(23)20-27)36-31(40)28-7-4-6-21(2)30(28)22-8-11-25(12-9-22)32(33,34)35/h4,6-13,18,27H,3,5,14-17,19-20H2,1-2H3,(H,36,40). The molecule has 8 heteroatoms. The van der Waals surface area contributed by atoms with Crippen LogP contribution in [0.15, 0.2) is 60.7 Å². The van der Waals surface area contributed by atoms with Crippen molar-refractivity contribution in [1.82, 2.24) is 9.80 Å². The van der Waals surface area contributed by atoms with E-state index in [0.717, 1.165) is 63.1 Å². The molecule has 5 rings (SSSR count). The third-order valence-electron chi connectivity index (χ3n) is 8.04. The molecule has 1 heterocycles. The van der Waals surface area contributed by atoms with Gasteiger partial charge in [0.15, 0.2) is 0 Å². The van der Waals surface area contributed by atoms with E-state index >= 15 is 0 Å². The van der Waals surface area contributed by atoms with Gasteiger partial charge in [0, 0.05) is 49.9 Å². The number of fused-ring (bicyclic) bond motifs is 1. The van der Waals surface area contributed by atoms with Gasteiger partial charge in [-0.1, -0.05) is 37.3 Å². The first-order valence-corrected chi connectivity index (χ1v) is 13.9.